The van der Waals surface area contributed by atoms with Crippen LogP contribution in [0.1, 0.15) is 23.7 Å². The first-order chi connectivity index (χ1) is 11.0. The van der Waals surface area contributed by atoms with Crippen LogP contribution in [-0.4, -0.2) is 19.6 Å². The van der Waals surface area contributed by atoms with Crippen LogP contribution in [0.3, 0.4) is 0 Å². The van der Waals surface area contributed by atoms with E-state index in [1.807, 2.05) is 6.92 Å². The van der Waals surface area contributed by atoms with Gasteiger partial charge in [-0.1, -0.05) is 30.1 Å². The molecule has 0 fully saturated rings. The number of benzene rings is 2. The highest BCUT2D eigenvalue weighted by Gasteiger charge is 2.14. The van der Waals surface area contributed by atoms with Crippen molar-refractivity contribution in [2.75, 3.05) is 19.0 Å². The van der Waals surface area contributed by atoms with Crippen LogP contribution in [-0.2, 0) is 0 Å². The van der Waals surface area contributed by atoms with Crippen molar-refractivity contribution in [1.82, 2.24) is 0 Å². The third-order valence-corrected chi connectivity index (χ3v) is 3.62. The van der Waals surface area contributed by atoms with Crippen molar-refractivity contribution in [3.63, 3.8) is 0 Å². The maximum absolute atomic E-state index is 12.3. The Morgan fingerprint density at radius 2 is 1.74 bits per heavy atom. The molecule has 23 heavy (non-hydrogen) atoms. The van der Waals surface area contributed by atoms with Gasteiger partial charge in [-0.2, -0.15) is 0 Å². The van der Waals surface area contributed by atoms with E-state index in [1.165, 1.54) is 12.1 Å². The first kappa shape index (κ1) is 17.4. The number of hydrogen-bond acceptors (Lipinski definition) is 3. The Morgan fingerprint density at radius 3 is 2.26 bits per heavy atom. The highest BCUT2D eigenvalue weighted by molar-refractivity contribution is 6.37. The zero-order valence-corrected chi connectivity index (χ0v) is 14.4. The van der Waals surface area contributed by atoms with E-state index in [9.17, 15) is 4.79 Å². The quantitative estimate of drug-likeness (QED) is 0.790. The number of carbonyl (C=O) groups excluding carboxylic acids is 1. The van der Waals surface area contributed by atoms with E-state index in [0.717, 1.165) is 6.42 Å². The summed E-state index contributed by atoms with van der Waals surface area (Å²) in [5.74, 6) is 0.809. The third-order valence-electron chi connectivity index (χ3n) is 3.06. The fourth-order valence-corrected chi connectivity index (χ4v) is 2.51. The van der Waals surface area contributed by atoms with Gasteiger partial charge in [0.1, 0.15) is 5.75 Å². The van der Waals surface area contributed by atoms with E-state index in [1.54, 1.807) is 31.4 Å². The Labute approximate surface area is 145 Å². The van der Waals surface area contributed by atoms with Crippen LogP contribution in [0.2, 0.25) is 10.0 Å². The number of rotatable bonds is 6. The number of anilines is 1. The van der Waals surface area contributed by atoms with Crippen molar-refractivity contribution < 1.29 is 14.3 Å². The summed E-state index contributed by atoms with van der Waals surface area (Å²) in [6.07, 6.45) is 0.840. The lowest BCUT2D eigenvalue weighted by atomic mass is 10.2. The fourth-order valence-electron chi connectivity index (χ4n) is 1.91. The van der Waals surface area contributed by atoms with E-state index >= 15 is 0 Å². The van der Waals surface area contributed by atoms with Crippen molar-refractivity contribution in [3.05, 3.63) is 52.0 Å². The van der Waals surface area contributed by atoms with Gasteiger partial charge in [-0.15, -0.1) is 0 Å². The van der Waals surface area contributed by atoms with E-state index in [0.29, 0.717) is 39.4 Å². The molecule has 2 rings (SSSR count). The van der Waals surface area contributed by atoms with Gasteiger partial charge >= 0.3 is 0 Å². The molecular formula is C17H17Cl2NO3. The lowest BCUT2D eigenvalue weighted by Crippen LogP contribution is -2.12. The topological polar surface area (TPSA) is 47.6 Å². The summed E-state index contributed by atoms with van der Waals surface area (Å²) in [4.78, 5) is 12.3. The van der Waals surface area contributed by atoms with E-state index in [4.69, 9.17) is 32.7 Å². The van der Waals surface area contributed by atoms with Crippen LogP contribution in [0, 0.1) is 0 Å². The molecule has 2 aromatic carbocycles. The van der Waals surface area contributed by atoms with E-state index < -0.39 is 0 Å². The molecule has 0 radical (unpaired) electrons. The van der Waals surface area contributed by atoms with Crippen LogP contribution < -0.4 is 14.8 Å². The molecule has 4 nitrogen and oxygen atoms in total. The van der Waals surface area contributed by atoms with Gasteiger partial charge in [-0.3, -0.25) is 4.79 Å². The maximum atomic E-state index is 12.3. The zero-order valence-electron chi connectivity index (χ0n) is 12.9. The molecule has 0 aliphatic heterocycles. The molecule has 6 heteroatoms. The van der Waals surface area contributed by atoms with Crippen molar-refractivity contribution in [2.24, 2.45) is 0 Å². The summed E-state index contributed by atoms with van der Waals surface area (Å²) in [5.41, 5.74) is 1.01. The fraction of sp³-hybridized carbons (Fsp3) is 0.235. The second kappa shape index (κ2) is 8.09. The molecule has 0 saturated carbocycles. The minimum absolute atomic E-state index is 0.305. The largest absolute Gasteiger partial charge is 0.497 e. The van der Waals surface area contributed by atoms with Crippen LogP contribution in [0.25, 0.3) is 0 Å². The average Bonchev–Trinajstić information content (AvgIpc) is 2.54. The molecule has 0 atom stereocenters. The molecule has 2 aromatic rings. The summed E-state index contributed by atoms with van der Waals surface area (Å²) in [5, 5.41) is 3.40. The molecule has 0 aliphatic carbocycles. The molecule has 0 aromatic heterocycles. The number of amides is 1. The van der Waals surface area contributed by atoms with Crippen LogP contribution in [0.15, 0.2) is 36.4 Å². The predicted octanol–water partition coefficient (Wildman–Crippen LogP) is 5.04. The standard InChI is InChI=1S/C17H17Cl2NO3/c1-3-8-23-16-14(18)9-11(10-15(16)19)17(21)20-12-4-6-13(22-2)7-5-12/h4-7,9-10H,3,8H2,1-2H3,(H,20,21). The Morgan fingerprint density at radius 1 is 1.13 bits per heavy atom. The number of methoxy groups -OCH3 is 1. The number of carbonyl (C=O) groups is 1. The minimum Gasteiger partial charge on any atom is -0.497 e. The highest BCUT2D eigenvalue weighted by Crippen LogP contribution is 2.34. The van der Waals surface area contributed by atoms with Gasteiger partial charge in [0, 0.05) is 11.3 Å². The molecule has 1 amide bonds. The van der Waals surface area contributed by atoms with Gasteiger partial charge in [0.2, 0.25) is 0 Å². The maximum Gasteiger partial charge on any atom is 0.255 e. The second-order valence-electron chi connectivity index (χ2n) is 4.80. The van der Waals surface area contributed by atoms with Gasteiger partial charge in [-0.05, 0) is 42.8 Å². The van der Waals surface area contributed by atoms with Crippen molar-refractivity contribution in [3.8, 4) is 11.5 Å². The zero-order chi connectivity index (χ0) is 16.8. The van der Waals surface area contributed by atoms with Gasteiger partial charge in [0.25, 0.3) is 5.91 Å². The molecular weight excluding hydrogens is 337 g/mol. The SMILES string of the molecule is CCCOc1c(Cl)cc(C(=O)Nc2ccc(OC)cc2)cc1Cl. The monoisotopic (exact) mass is 353 g/mol. The molecule has 0 spiro atoms. The molecule has 0 bridgehead atoms. The predicted molar refractivity (Wildman–Crippen MR) is 93.2 cm³/mol. The van der Waals surface area contributed by atoms with Gasteiger partial charge in [0.05, 0.1) is 23.8 Å². The highest BCUT2D eigenvalue weighted by atomic mass is 35.5. The summed E-state index contributed by atoms with van der Waals surface area (Å²) < 4.78 is 10.6. The van der Waals surface area contributed by atoms with Crippen molar-refractivity contribution in [2.45, 2.75) is 13.3 Å². The van der Waals surface area contributed by atoms with Gasteiger partial charge in [0.15, 0.2) is 5.75 Å². The molecule has 122 valence electrons. The second-order valence-corrected chi connectivity index (χ2v) is 5.61. The van der Waals surface area contributed by atoms with E-state index in [-0.39, 0.29) is 5.91 Å². The van der Waals surface area contributed by atoms with Crippen molar-refractivity contribution >= 4 is 34.8 Å². The first-order valence-electron chi connectivity index (χ1n) is 7.12. The smallest absolute Gasteiger partial charge is 0.255 e. The first-order valence-corrected chi connectivity index (χ1v) is 7.88. The van der Waals surface area contributed by atoms with Gasteiger partial charge < -0.3 is 14.8 Å². The average molecular weight is 354 g/mol. The molecule has 0 saturated heterocycles. The lowest BCUT2D eigenvalue weighted by molar-refractivity contribution is 0.102. The third kappa shape index (κ3) is 4.53. The molecule has 0 unspecified atom stereocenters. The number of halogens is 2. The summed E-state index contributed by atoms with van der Waals surface area (Å²) in [7, 11) is 1.58. The number of ether oxygens (including phenoxy) is 2. The van der Waals surface area contributed by atoms with Gasteiger partial charge in [-0.25, -0.2) is 0 Å². The Kier molecular flexibility index (Phi) is 6.13. The Hall–Kier alpha value is -1.91. The number of hydrogen-bond donors (Lipinski definition) is 1. The summed E-state index contributed by atoms with van der Waals surface area (Å²) in [6, 6.07) is 10.1. The van der Waals surface area contributed by atoms with E-state index in [2.05, 4.69) is 5.32 Å². The van der Waals surface area contributed by atoms with Crippen LogP contribution >= 0.6 is 23.2 Å². The van der Waals surface area contributed by atoms with Crippen molar-refractivity contribution in [1.29, 1.82) is 0 Å². The molecule has 0 heterocycles. The Bertz CT molecular complexity index is 664. The number of nitrogens with one attached hydrogen (secondary N) is 1. The molecule has 0 aliphatic rings. The van der Waals surface area contributed by atoms with Crippen LogP contribution in [0.4, 0.5) is 5.69 Å². The van der Waals surface area contributed by atoms with Crippen LogP contribution in [0.5, 0.6) is 11.5 Å². The normalized spacial score (nSPS) is 10.3. The Balaban J connectivity index is 2.15. The summed E-state index contributed by atoms with van der Waals surface area (Å²) >= 11 is 12.3. The molecule has 1 N–H and O–H groups in total. The summed E-state index contributed by atoms with van der Waals surface area (Å²) in [6.45, 7) is 2.50. The minimum atomic E-state index is -0.305. The lowest BCUT2D eigenvalue weighted by Gasteiger charge is -2.11.